The zero-order chi connectivity index (χ0) is 14.1. The fourth-order valence-corrected chi connectivity index (χ4v) is 1.92. The summed E-state index contributed by atoms with van der Waals surface area (Å²) in [5.74, 6) is 0. The van der Waals surface area contributed by atoms with Crippen molar-refractivity contribution in [3.8, 4) is 6.07 Å². The van der Waals surface area contributed by atoms with Gasteiger partial charge in [-0.1, -0.05) is 13.3 Å². The molecule has 1 aromatic heterocycles. The molecule has 106 valence electrons. The largest absolute Gasteiger partial charge is 0.381 e. The van der Waals surface area contributed by atoms with Crippen LogP contribution in [0.15, 0.2) is 6.07 Å². The summed E-state index contributed by atoms with van der Waals surface area (Å²) in [6, 6.07) is 4.16. The molecule has 0 aliphatic carbocycles. The van der Waals surface area contributed by atoms with E-state index in [1.165, 1.54) is 12.0 Å². The minimum absolute atomic E-state index is 0.720. The van der Waals surface area contributed by atoms with E-state index in [1.807, 2.05) is 24.6 Å². The summed E-state index contributed by atoms with van der Waals surface area (Å²) in [5.41, 5.74) is 3.08. The Kier molecular flexibility index (Phi) is 7.24. The monoisotopic (exact) mass is 263 g/mol. The fraction of sp³-hybridized carbons (Fsp3) is 0.667. The second kappa shape index (κ2) is 8.73. The molecule has 0 amide bonds. The molecule has 0 aliphatic heterocycles. The van der Waals surface area contributed by atoms with Gasteiger partial charge in [-0.05, 0) is 37.9 Å². The number of rotatable bonds is 9. The van der Waals surface area contributed by atoms with Crippen molar-refractivity contribution in [2.24, 2.45) is 7.05 Å². The lowest BCUT2D eigenvalue weighted by Crippen LogP contribution is -2.17. The summed E-state index contributed by atoms with van der Waals surface area (Å²) in [6.07, 6.45) is 3.36. The van der Waals surface area contributed by atoms with Crippen molar-refractivity contribution in [2.45, 2.75) is 39.7 Å². The van der Waals surface area contributed by atoms with E-state index in [0.717, 1.165) is 50.5 Å². The molecule has 4 heteroatoms. The molecule has 0 saturated heterocycles. The Morgan fingerprint density at radius 2 is 2.11 bits per heavy atom. The van der Waals surface area contributed by atoms with Crippen molar-refractivity contribution in [1.82, 2.24) is 9.88 Å². The predicted molar refractivity (Wildman–Crippen MR) is 76.9 cm³/mol. The highest BCUT2D eigenvalue weighted by molar-refractivity contribution is 5.33. The molecule has 0 spiro atoms. The van der Waals surface area contributed by atoms with E-state index in [2.05, 4.69) is 18.3 Å². The molecule has 1 N–H and O–H groups in total. The van der Waals surface area contributed by atoms with Gasteiger partial charge in [0, 0.05) is 32.5 Å². The van der Waals surface area contributed by atoms with Crippen molar-refractivity contribution >= 4 is 0 Å². The van der Waals surface area contributed by atoms with Crippen LogP contribution in [-0.2, 0) is 18.3 Å². The van der Waals surface area contributed by atoms with Gasteiger partial charge < -0.3 is 14.6 Å². The Bertz CT molecular complexity index is 418. The topological polar surface area (TPSA) is 50.0 Å². The summed E-state index contributed by atoms with van der Waals surface area (Å²) in [4.78, 5) is 0. The summed E-state index contributed by atoms with van der Waals surface area (Å²) < 4.78 is 7.44. The summed E-state index contributed by atoms with van der Waals surface area (Å²) in [5, 5.41) is 12.4. The quantitative estimate of drug-likeness (QED) is 0.696. The highest BCUT2D eigenvalue weighted by atomic mass is 16.5. The maximum absolute atomic E-state index is 8.96. The fourth-order valence-electron chi connectivity index (χ4n) is 1.92. The molecule has 1 aromatic rings. The Labute approximate surface area is 116 Å². The predicted octanol–water partition coefficient (Wildman–Crippen LogP) is 2.50. The highest BCUT2D eigenvalue weighted by Gasteiger charge is 2.07. The molecule has 0 radical (unpaired) electrons. The van der Waals surface area contributed by atoms with Gasteiger partial charge in [0.05, 0.1) is 0 Å². The lowest BCUT2D eigenvalue weighted by molar-refractivity contribution is 0.129. The SMILES string of the molecule is CCCCOCCCNCc1cc(C#N)n(C)c1C. The number of ether oxygens (including phenoxy) is 1. The van der Waals surface area contributed by atoms with Gasteiger partial charge in [0.15, 0.2) is 0 Å². The molecule has 0 aromatic carbocycles. The van der Waals surface area contributed by atoms with Crippen molar-refractivity contribution in [2.75, 3.05) is 19.8 Å². The first-order chi connectivity index (χ1) is 9.20. The number of nitrogens with zero attached hydrogens (tertiary/aromatic N) is 2. The minimum atomic E-state index is 0.720. The average Bonchev–Trinajstić information content (AvgIpc) is 2.69. The molecular weight excluding hydrogens is 238 g/mol. The first kappa shape index (κ1) is 15.7. The molecule has 4 nitrogen and oxygen atoms in total. The molecule has 0 saturated carbocycles. The van der Waals surface area contributed by atoms with E-state index in [9.17, 15) is 0 Å². The summed E-state index contributed by atoms with van der Waals surface area (Å²) in [6.45, 7) is 7.68. The zero-order valence-corrected chi connectivity index (χ0v) is 12.3. The molecule has 0 aliphatic rings. The van der Waals surface area contributed by atoms with E-state index < -0.39 is 0 Å². The highest BCUT2D eigenvalue weighted by Crippen LogP contribution is 2.12. The molecule has 0 fully saturated rings. The molecule has 1 heterocycles. The van der Waals surface area contributed by atoms with Crippen LogP contribution < -0.4 is 5.32 Å². The second-order valence-corrected chi connectivity index (χ2v) is 4.81. The van der Waals surface area contributed by atoms with Gasteiger partial charge in [0.25, 0.3) is 0 Å². The molecule has 0 atom stereocenters. The lowest BCUT2D eigenvalue weighted by Gasteiger charge is -2.06. The molecular formula is C15H25N3O. The normalized spacial score (nSPS) is 10.6. The number of unbranched alkanes of at least 4 members (excludes halogenated alkanes) is 1. The smallest absolute Gasteiger partial charge is 0.120 e. The molecule has 1 rings (SSSR count). The van der Waals surface area contributed by atoms with Crippen LogP contribution in [0.1, 0.15) is 43.1 Å². The van der Waals surface area contributed by atoms with Crippen molar-refractivity contribution in [3.05, 3.63) is 23.0 Å². The van der Waals surface area contributed by atoms with E-state index in [1.54, 1.807) is 0 Å². The summed E-state index contributed by atoms with van der Waals surface area (Å²) in [7, 11) is 1.93. The van der Waals surface area contributed by atoms with Crippen molar-refractivity contribution < 1.29 is 4.74 Å². The Morgan fingerprint density at radius 1 is 1.37 bits per heavy atom. The Morgan fingerprint density at radius 3 is 2.74 bits per heavy atom. The van der Waals surface area contributed by atoms with Gasteiger partial charge >= 0.3 is 0 Å². The van der Waals surface area contributed by atoms with Gasteiger partial charge in [0.1, 0.15) is 11.8 Å². The first-order valence-electron chi connectivity index (χ1n) is 7.04. The third-order valence-electron chi connectivity index (χ3n) is 3.35. The van der Waals surface area contributed by atoms with Crippen LogP contribution in [0.2, 0.25) is 0 Å². The summed E-state index contributed by atoms with van der Waals surface area (Å²) >= 11 is 0. The first-order valence-corrected chi connectivity index (χ1v) is 7.04. The van der Waals surface area contributed by atoms with Gasteiger partial charge in [-0.25, -0.2) is 0 Å². The third kappa shape index (κ3) is 5.06. The molecule has 0 unspecified atom stereocenters. The maximum atomic E-state index is 8.96. The van der Waals surface area contributed by atoms with Gasteiger partial charge in [-0.3, -0.25) is 0 Å². The number of hydrogen-bond donors (Lipinski definition) is 1. The van der Waals surface area contributed by atoms with Gasteiger partial charge in [0.2, 0.25) is 0 Å². The van der Waals surface area contributed by atoms with Crippen LogP contribution in [0.25, 0.3) is 0 Å². The van der Waals surface area contributed by atoms with E-state index in [4.69, 9.17) is 10.00 Å². The zero-order valence-electron chi connectivity index (χ0n) is 12.3. The number of aromatic nitrogens is 1. The van der Waals surface area contributed by atoms with Gasteiger partial charge in [-0.2, -0.15) is 5.26 Å². The Hall–Kier alpha value is -1.31. The van der Waals surface area contributed by atoms with Crippen LogP contribution in [-0.4, -0.2) is 24.3 Å². The van der Waals surface area contributed by atoms with Crippen LogP contribution >= 0.6 is 0 Å². The van der Waals surface area contributed by atoms with E-state index >= 15 is 0 Å². The van der Waals surface area contributed by atoms with E-state index in [0.29, 0.717) is 0 Å². The van der Waals surface area contributed by atoms with Gasteiger partial charge in [-0.15, -0.1) is 0 Å². The van der Waals surface area contributed by atoms with Crippen LogP contribution in [0, 0.1) is 18.3 Å². The number of nitriles is 1. The van der Waals surface area contributed by atoms with E-state index in [-0.39, 0.29) is 0 Å². The third-order valence-corrected chi connectivity index (χ3v) is 3.35. The van der Waals surface area contributed by atoms with Crippen molar-refractivity contribution in [3.63, 3.8) is 0 Å². The molecule has 0 bridgehead atoms. The standard InChI is InChI=1S/C15H25N3O/c1-4-5-8-19-9-6-7-17-12-14-10-15(11-16)18(3)13(14)2/h10,17H,4-9,12H2,1-3H3. The van der Waals surface area contributed by atoms with Crippen LogP contribution in [0.5, 0.6) is 0 Å². The Balaban J connectivity index is 2.18. The van der Waals surface area contributed by atoms with Crippen LogP contribution in [0.4, 0.5) is 0 Å². The van der Waals surface area contributed by atoms with Crippen LogP contribution in [0.3, 0.4) is 0 Å². The maximum Gasteiger partial charge on any atom is 0.120 e. The number of nitrogens with one attached hydrogen (secondary N) is 1. The second-order valence-electron chi connectivity index (χ2n) is 4.81. The molecule has 19 heavy (non-hydrogen) atoms. The lowest BCUT2D eigenvalue weighted by atomic mass is 10.2. The average molecular weight is 263 g/mol. The van der Waals surface area contributed by atoms with Crippen molar-refractivity contribution in [1.29, 1.82) is 5.26 Å². The number of hydrogen-bond acceptors (Lipinski definition) is 3. The minimum Gasteiger partial charge on any atom is -0.381 e.